The minimum Gasteiger partial charge on any atom is -0.314 e. The fourth-order valence-corrected chi connectivity index (χ4v) is 2.61. The van der Waals surface area contributed by atoms with Gasteiger partial charge in [0, 0.05) is 13.0 Å². The smallest absolute Gasteiger partial charge is 0.314 e. The molecule has 98 valence electrons. The van der Waals surface area contributed by atoms with Gasteiger partial charge in [0.25, 0.3) is 0 Å². The molecule has 0 aliphatic heterocycles. The van der Waals surface area contributed by atoms with Crippen LogP contribution in [0, 0.1) is 0 Å². The predicted octanol–water partition coefficient (Wildman–Crippen LogP) is -0.898. The second-order valence-corrected chi connectivity index (χ2v) is 6.64. The summed E-state index contributed by atoms with van der Waals surface area (Å²) in [6, 6.07) is 0. The Morgan fingerprint density at radius 3 is 2.12 bits per heavy atom. The summed E-state index contributed by atoms with van der Waals surface area (Å²) < 4.78 is 63.6. The topological polar surface area (TPSA) is 101 Å². The molecule has 0 atom stereocenters. The summed E-state index contributed by atoms with van der Waals surface area (Å²) in [7, 11) is -5.68. The van der Waals surface area contributed by atoms with E-state index in [-0.39, 0.29) is 24.0 Å². The number of nitrogens with zero attached hydrogens (tertiary/aromatic N) is 1. The standard InChI is InChI=1S/C6H15FN2O5S2/c1-9(2,6-15(10,11)12)5-3-4-8-16(7,13)14/h8H,3-6H2,1-2H3/p+1. The Balaban J connectivity index is 4.02. The van der Waals surface area contributed by atoms with E-state index in [4.69, 9.17) is 4.55 Å². The van der Waals surface area contributed by atoms with Gasteiger partial charge in [0.05, 0.1) is 20.6 Å². The van der Waals surface area contributed by atoms with Crippen molar-refractivity contribution in [3.63, 3.8) is 0 Å². The van der Waals surface area contributed by atoms with Crippen LogP contribution in [0.4, 0.5) is 3.89 Å². The molecular weight excluding hydrogens is 263 g/mol. The van der Waals surface area contributed by atoms with Gasteiger partial charge in [0.15, 0.2) is 0 Å². The Labute approximate surface area is 94.9 Å². The van der Waals surface area contributed by atoms with E-state index in [1.807, 2.05) is 0 Å². The molecule has 0 amide bonds. The van der Waals surface area contributed by atoms with Gasteiger partial charge in [-0.3, -0.25) is 4.55 Å². The fraction of sp³-hybridized carbons (Fsp3) is 1.00. The maximum Gasteiger partial charge on any atom is 0.372 e. The normalized spacial score (nSPS) is 14.0. The van der Waals surface area contributed by atoms with Crippen LogP contribution in [0.1, 0.15) is 6.42 Å². The van der Waals surface area contributed by atoms with Crippen molar-refractivity contribution in [2.75, 3.05) is 33.1 Å². The Bertz CT molecular complexity index is 416. The first-order valence-electron chi connectivity index (χ1n) is 4.38. The summed E-state index contributed by atoms with van der Waals surface area (Å²) in [5.74, 6) is -0.477. The molecule has 0 saturated heterocycles. The summed E-state index contributed by atoms with van der Waals surface area (Å²) >= 11 is 0. The van der Waals surface area contributed by atoms with Crippen LogP contribution in [0.2, 0.25) is 0 Å². The highest BCUT2D eigenvalue weighted by Crippen LogP contribution is 2.02. The zero-order chi connectivity index (χ0) is 13.0. The Morgan fingerprint density at radius 2 is 1.75 bits per heavy atom. The first-order chi connectivity index (χ1) is 6.91. The molecule has 0 aliphatic rings. The van der Waals surface area contributed by atoms with Crippen molar-refractivity contribution in [2.24, 2.45) is 0 Å². The fourth-order valence-electron chi connectivity index (χ4n) is 1.21. The molecule has 0 aromatic carbocycles. The highest BCUT2D eigenvalue weighted by molar-refractivity contribution is 7.85. The molecule has 16 heavy (non-hydrogen) atoms. The minimum atomic E-state index is -4.70. The quantitative estimate of drug-likeness (QED) is 0.272. The van der Waals surface area contributed by atoms with Crippen LogP contribution in [0.15, 0.2) is 0 Å². The number of hydrogen-bond acceptors (Lipinski definition) is 4. The lowest BCUT2D eigenvalue weighted by molar-refractivity contribution is -0.878. The van der Waals surface area contributed by atoms with Crippen molar-refractivity contribution in [2.45, 2.75) is 6.42 Å². The molecule has 0 spiro atoms. The van der Waals surface area contributed by atoms with Crippen molar-refractivity contribution in [3.05, 3.63) is 0 Å². The molecule has 0 radical (unpaired) electrons. The van der Waals surface area contributed by atoms with E-state index in [9.17, 15) is 20.7 Å². The Hall–Kier alpha value is -0.290. The summed E-state index contributed by atoms with van der Waals surface area (Å²) in [6.07, 6.45) is 0.256. The molecule has 7 nitrogen and oxygen atoms in total. The number of nitrogens with one attached hydrogen (secondary N) is 1. The van der Waals surface area contributed by atoms with E-state index >= 15 is 0 Å². The van der Waals surface area contributed by atoms with Gasteiger partial charge in [0.2, 0.25) is 5.88 Å². The largest absolute Gasteiger partial charge is 0.372 e. The van der Waals surface area contributed by atoms with Crippen LogP contribution >= 0.6 is 0 Å². The first-order valence-corrected chi connectivity index (χ1v) is 7.37. The van der Waals surface area contributed by atoms with Crippen LogP contribution in [-0.2, 0) is 20.5 Å². The average Bonchev–Trinajstić information content (AvgIpc) is 1.91. The zero-order valence-corrected chi connectivity index (χ0v) is 10.7. The summed E-state index contributed by atoms with van der Waals surface area (Å²) in [5, 5.41) is 0. The molecule has 0 aromatic rings. The lowest BCUT2D eigenvalue weighted by Gasteiger charge is -2.27. The molecule has 0 saturated carbocycles. The van der Waals surface area contributed by atoms with Gasteiger partial charge in [-0.25, -0.2) is 0 Å². The second-order valence-electron chi connectivity index (χ2n) is 4.06. The van der Waals surface area contributed by atoms with Crippen LogP contribution < -0.4 is 4.72 Å². The lowest BCUT2D eigenvalue weighted by atomic mass is 10.4. The van der Waals surface area contributed by atoms with Crippen molar-refractivity contribution in [3.8, 4) is 0 Å². The summed E-state index contributed by atoms with van der Waals surface area (Å²) in [5.41, 5.74) is 0. The molecule has 0 heterocycles. The van der Waals surface area contributed by atoms with E-state index < -0.39 is 26.4 Å². The van der Waals surface area contributed by atoms with Crippen molar-refractivity contribution >= 4 is 20.5 Å². The maximum absolute atomic E-state index is 12.0. The van der Waals surface area contributed by atoms with Gasteiger partial charge >= 0.3 is 20.5 Å². The molecule has 0 bridgehead atoms. The highest BCUT2D eigenvalue weighted by Gasteiger charge is 2.22. The number of hydrogen-bond donors (Lipinski definition) is 2. The third kappa shape index (κ3) is 10.2. The number of rotatable bonds is 7. The molecule has 0 aromatic heterocycles. The molecule has 0 aliphatic carbocycles. The minimum absolute atomic E-state index is 0.0349. The molecule has 0 rings (SSSR count). The molecule has 2 N–H and O–H groups in total. The Morgan fingerprint density at radius 1 is 1.25 bits per heavy atom. The van der Waals surface area contributed by atoms with Crippen molar-refractivity contribution in [1.29, 1.82) is 0 Å². The molecule has 0 fully saturated rings. The highest BCUT2D eigenvalue weighted by atomic mass is 32.3. The van der Waals surface area contributed by atoms with Crippen LogP contribution in [0.5, 0.6) is 0 Å². The number of halogens is 1. The third-order valence-electron chi connectivity index (χ3n) is 1.73. The second kappa shape index (κ2) is 5.36. The monoisotopic (exact) mass is 279 g/mol. The average molecular weight is 279 g/mol. The molecular formula is C6H16FN2O5S2+. The molecule has 0 unspecified atom stereocenters. The summed E-state index contributed by atoms with van der Waals surface area (Å²) in [4.78, 5) is 0. The third-order valence-corrected chi connectivity index (χ3v) is 3.30. The SMILES string of the molecule is C[N+](C)(CCCNS(=O)(=O)F)CS(=O)(=O)O. The number of quaternary nitrogens is 1. The van der Waals surface area contributed by atoms with E-state index in [2.05, 4.69) is 0 Å². The van der Waals surface area contributed by atoms with Gasteiger partial charge in [-0.2, -0.15) is 21.6 Å². The zero-order valence-electron chi connectivity index (χ0n) is 9.05. The van der Waals surface area contributed by atoms with Crippen LogP contribution in [0.3, 0.4) is 0 Å². The Kier molecular flexibility index (Phi) is 5.26. The van der Waals surface area contributed by atoms with Crippen LogP contribution in [0.25, 0.3) is 0 Å². The molecule has 10 heteroatoms. The van der Waals surface area contributed by atoms with E-state index in [0.29, 0.717) is 0 Å². The lowest BCUT2D eigenvalue weighted by Crippen LogP contribution is -2.45. The van der Waals surface area contributed by atoms with Gasteiger partial charge < -0.3 is 4.48 Å². The van der Waals surface area contributed by atoms with Crippen molar-refractivity contribution in [1.82, 2.24) is 4.72 Å². The van der Waals surface area contributed by atoms with Gasteiger partial charge in [-0.1, -0.05) is 3.89 Å². The van der Waals surface area contributed by atoms with Gasteiger partial charge in [-0.05, 0) is 0 Å². The predicted molar refractivity (Wildman–Crippen MR) is 56.0 cm³/mol. The van der Waals surface area contributed by atoms with Gasteiger partial charge in [-0.15, -0.1) is 0 Å². The van der Waals surface area contributed by atoms with Gasteiger partial charge in [0.1, 0.15) is 0 Å². The van der Waals surface area contributed by atoms with E-state index in [0.717, 1.165) is 0 Å². The summed E-state index contributed by atoms with van der Waals surface area (Å²) in [6.45, 7) is 0.161. The van der Waals surface area contributed by atoms with Crippen LogP contribution in [-0.4, -0.2) is 58.9 Å². The van der Waals surface area contributed by atoms with E-state index in [1.165, 1.54) is 0 Å². The maximum atomic E-state index is 12.0. The van der Waals surface area contributed by atoms with Crippen molar-refractivity contribution < 1.29 is 29.8 Å². The van der Waals surface area contributed by atoms with E-state index in [1.54, 1.807) is 18.8 Å². The first kappa shape index (κ1) is 15.7.